The van der Waals surface area contributed by atoms with E-state index in [0.29, 0.717) is 29.4 Å². The van der Waals surface area contributed by atoms with E-state index in [9.17, 15) is 8.78 Å². The molecular weight excluding hydrogens is 578 g/mol. The van der Waals surface area contributed by atoms with E-state index >= 15 is 0 Å². The predicted molar refractivity (Wildman–Crippen MR) is 185 cm³/mol. The van der Waals surface area contributed by atoms with Crippen LogP contribution in [0.15, 0.2) is 97.1 Å². The van der Waals surface area contributed by atoms with Crippen molar-refractivity contribution in [2.24, 2.45) is 0 Å². The molecule has 0 amide bonds. The van der Waals surface area contributed by atoms with Gasteiger partial charge in [-0.25, -0.2) is 9.97 Å². The summed E-state index contributed by atoms with van der Waals surface area (Å²) < 4.78 is 27.7. The maximum Gasteiger partial charge on any atom is 0.213 e. The summed E-state index contributed by atoms with van der Waals surface area (Å²) in [4.78, 5) is 18.0. The highest BCUT2D eigenvalue weighted by molar-refractivity contribution is 6.02. The van der Waals surface area contributed by atoms with Crippen molar-refractivity contribution >= 4 is 67.1 Å². The van der Waals surface area contributed by atoms with Crippen molar-refractivity contribution in [1.82, 2.24) is 19.9 Å². The van der Waals surface area contributed by atoms with Crippen LogP contribution in [0.2, 0.25) is 0 Å². The van der Waals surface area contributed by atoms with Gasteiger partial charge in [-0.2, -0.15) is 8.78 Å². The van der Waals surface area contributed by atoms with Crippen LogP contribution >= 0.6 is 0 Å². The Kier molecular flexibility index (Phi) is 7.76. The van der Waals surface area contributed by atoms with Gasteiger partial charge in [-0.15, -0.1) is 0 Å². The van der Waals surface area contributed by atoms with E-state index in [-0.39, 0.29) is 0 Å². The summed E-state index contributed by atoms with van der Waals surface area (Å²) in [5.74, 6) is -1.02. The molecule has 4 aromatic heterocycles. The van der Waals surface area contributed by atoms with Gasteiger partial charge < -0.3 is 10.6 Å². The molecular formula is C38H30F2N6. The Morgan fingerprint density at radius 3 is 1.37 bits per heavy atom. The normalized spacial score (nSPS) is 11.9. The molecule has 0 aliphatic heterocycles. The average molecular weight is 609 g/mol. The van der Waals surface area contributed by atoms with Crippen molar-refractivity contribution in [2.75, 3.05) is 24.7 Å². The zero-order valence-electron chi connectivity index (χ0n) is 25.4. The monoisotopic (exact) mass is 608 g/mol. The Hall–Kier alpha value is -5.76. The molecule has 4 heterocycles. The lowest BCUT2D eigenvalue weighted by Crippen LogP contribution is -1.98. The molecule has 46 heavy (non-hydrogen) atoms. The fourth-order valence-corrected chi connectivity index (χ4v) is 5.85. The largest absolute Gasteiger partial charge is 0.386 e. The van der Waals surface area contributed by atoms with Gasteiger partial charge >= 0.3 is 0 Å². The fourth-order valence-electron chi connectivity index (χ4n) is 5.85. The first kappa shape index (κ1) is 29.0. The maximum absolute atomic E-state index is 13.9. The van der Waals surface area contributed by atoms with Gasteiger partial charge in [-0.05, 0) is 47.5 Å². The molecule has 0 radical (unpaired) electrons. The van der Waals surface area contributed by atoms with Crippen LogP contribution in [-0.4, -0.2) is 34.0 Å². The van der Waals surface area contributed by atoms with Gasteiger partial charge in [-0.1, -0.05) is 72.8 Å². The number of aromatic nitrogens is 4. The Balaban J connectivity index is 1.13. The zero-order chi connectivity index (χ0) is 31.6. The highest BCUT2D eigenvalue weighted by Crippen LogP contribution is 2.29. The molecule has 3 aromatic carbocycles. The van der Waals surface area contributed by atoms with Gasteiger partial charge in [0.15, 0.2) is 0 Å². The number of nitrogens with one attached hydrogen (secondary N) is 2. The average Bonchev–Trinajstić information content (AvgIpc) is 3.07. The first-order valence-corrected chi connectivity index (χ1v) is 15.1. The second-order valence-electron chi connectivity index (χ2n) is 11.0. The van der Waals surface area contributed by atoms with Crippen LogP contribution in [0.25, 0.3) is 55.8 Å². The minimum absolute atomic E-state index is 0.505. The first-order chi connectivity index (χ1) is 22.5. The summed E-state index contributed by atoms with van der Waals surface area (Å²) in [6, 6.07) is 26.3. The summed E-state index contributed by atoms with van der Waals surface area (Å²) in [5, 5.41) is 10.2. The van der Waals surface area contributed by atoms with E-state index in [0.717, 1.165) is 61.0 Å². The van der Waals surface area contributed by atoms with E-state index in [2.05, 4.69) is 57.0 Å². The van der Waals surface area contributed by atoms with Gasteiger partial charge in [0.2, 0.25) is 11.9 Å². The van der Waals surface area contributed by atoms with Crippen molar-refractivity contribution in [3.8, 4) is 0 Å². The molecule has 0 spiro atoms. The summed E-state index contributed by atoms with van der Waals surface area (Å²) in [7, 11) is 3.72. The molecule has 0 aliphatic carbocycles. The fraction of sp³-hybridized carbons (Fsp3) is 0.105. The zero-order valence-corrected chi connectivity index (χ0v) is 25.4. The molecule has 6 nitrogen and oxygen atoms in total. The maximum atomic E-state index is 13.9. The van der Waals surface area contributed by atoms with E-state index in [1.165, 1.54) is 12.1 Å². The summed E-state index contributed by atoms with van der Waals surface area (Å²) in [5.41, 5.74) is 8.22. The lowest BCUT2D eigenvalue weighted by atomic mass is 10.0. The third-order valence-electron chi connectivity index (χ3n) is 8.10. The Bertz CT molecular complexity index is 2330. The van der Waals surface area contributed by atoms with E-state index in [1.807, 2.05) is 62.6 Å². The third-order valence-corrected chi connectivity index (χ3v) is 8.10. The number of fused-ring (bicyclic) bond motifs is 5. The van der Waals surface area contributed by atoms with Crippen LogP contribution in [0.4, 0.5) is 20.2 Å². The molecule has 7 rings (SSSR count). The van der Waals surface area contributed by atoms with E-state index < -0.39 is 11.9 Å². The summed E-state index contributed by atoms with van der Waals surface area (Å²) >= 11 is 0. The summed E-state index contributed by atoms with van der Waals surface area (Å²) in [6.45, 7) is 0. The number of allylic oxidation sites excluding steroid dienone is 2. The van der Waals surface area contributed by atoms with Crippen molar-refractivity contribution in [1.29, 1.82) is 0 Å². The number of benzene rings is 3. The van der Waals surface area contributed by atoms with Gasteiger partial charge in [0.1, 0.15) is 0 Å². The van der Waals surface area contributed by atoms with E-state index in [1.54, 1.807) is 12.1 Å². The van der Waals surface area contributed by atoms with Crippen molar-refractivity contribution in [3.05, 3.63) is 131 Å². The number of halogens is 2. The minimum Gasteiger partial charge on any atom is -0.386 e. The molecule has 8 heteroatoms. The Labute approximate surface area is 264 Å². The Morgan fingerprint density at radius 1 is 0.478 bits per heavy atom. The quantitative estimate of drug-likeness (QED) is 0.133. The van der Waals surface area contributed by atoms with Crippen LogP contribution in [-0.2, 0) is 12.8 Å². The molecule has 2 N–H and O–H groups in total. The highest BCUT2D eigenvalue weighted by atomic mass is 19.1. The second-order valence-corrected chi connectivity index (χ2v) is 11.0. The number of rotatable bonds is 8. The van der Waals surface area contributed by atoms with Crippen LogP contribution in [0.1, 0.15) is 22.5 Å². The van der Waals surface area contributed by atoms with E-state index in [4.69, 9.17) is 9.97 Å². The molecule has 226 valence electrons. The lowest BCUT2D eigenvalue weighted by Gasteiger charge is -2.11. The molecule has 0 unspecified atom stereocenters. The smallest absolute Gasteiger partial charge is 0.213 e. The SMILES string of the molecule is CNc1c(/C=C\Cc2ccc3ccc(/C=C\Cc4ccc5ccc6ccc(F)nc6c5n4)c(NC)c3n2)ccc2ccc(F)nc12. The van der Waals surface area contributed by atoms with Crippen molar-refractivity contribution in [3.63, 3.8) is 0 Å². The topological polar surface area (TPSA) is 75.6 Å². The predicted octanol–water partition coefficient (Wildman–Crippen LogP) is 8.75. The molecule has 0 saturated heterocycles. The van der Waals surface area contributed by atoms with Gasteiger partial charge in [0.25, 0.3) is 0 Å². The second kappa shape index (κ2) is 12.3. The van der Waals surface area contributed by atoms with Crippen LogP contribution < -0.4 is 10.6 Å². The van der Waals surface area contributed by atoms with Crippen LogP contribution in [0.5, 0.6) is 0 Å². The van der Waals surface area contributed by atoms with Gasteiger partial charge in [-0.3, -0.25) is 9.97 Å². The van der Waals surface area contributed by atoms with Gasteiger partial charge in [0.05, 0.1) is 33.4 Å². The highest BCUT2D eigenvalue weighted by Gasteiger charge is 2.10. The molecule has 0 saturated carbocycles. The minimum atomic E-state index is -0.515. The standard InChI is InChI=1S/C38H30F2N6/c1-41-33-23(5-3-8-30-20-16-26-13-14-28-18-22-32(40)46-38(28)37(26)44-30)9-11-25-15-19-29(43-35(25)33)7-4-6-24-10-12-27-17-21-31(39)45-36(27)34(24)42-2/h3-6,9-22,41-42H,7-8H2,1-2H3/b5-3-,6-4-. The molecule has 0 aliphatic rings. The van der Waals surface area contributed by atoms with Crippen molar-refractivity contribution < 1.29 is 8.78 Å². The van der Waals surface area contributed by atoms with Crippen molar-refractivity contribution in [2.45, 2.75) is 12.8 Å². The Morgan fingerprint density at radius 2 is 0.848 bits per heavy atom. The lowest BCUT2D eigenvalue weighted by molar-refractivity contribution is 0.589. The van der Waals surface area contributed by atoms with Gasteiger partial charge in [0, 0.05) is 59.9 Å². The third kappa shape index (κ3) is 5.61. The molecule has 0 fully saturated rings. The molecule has 7 aromatic rings. The number of nitrogens with zero attached hydrogens (tertiary/aromatic N) is 4. The number of pyridine rings is 4. The number of hydrogen-bond donors (Lipinski definition) is 2. The molecule has 0 atom stereocenters. The molecule has 0 bridgehead atoms. The first-order valence-electron chi connectivity index (χ1n) is 15.1. The number of hydrogen-bond acceptors (Lipinski definition) is 6. The van der Waals surface area contributed by atoms with Crippen LogP contribution in [0, 0.1) is 11.9 Å². The van der Waals surface area contributed by atoms with Crippen LogP contribution in [0.3, 0.4) is 0 Å². The number of anilines is 2. The summed E-state index contributed by atoms with van der Waals surface area (Å²) in [6.07, 6.45) is 9.44.